The number of ketones is 1. The monoisotopic (exact) mass is 698 g/mol. The summed E-state index contributed by atoms with van der Waals surface area (Å²) in [6.07, 6.45) is 0. The first-order chi connectivity index (χ1) is 23.9. The zero-order chi connectivity index (χ0) is 35.9. The Bertz CT molecular complexity index is 2220. The average molecular weight is 699 g/mol. The summed E-state index contributed by atoms with van der Waals surface area (Å²) in [5.41, 5.74) is 2.16. The molecule has 0 aliphatic rings. The van der Waals surface area contributed by atoms with Gasteiger partial charge in [0.05, 0.1) is 0 Å². The summed E-state index contributed by atoms with van der Waals surface area (Å²) >= 11 is 0. The molecule has 0 atom stereocenters. The van der Waals surface area contributed by atoms with E-state index in [0.29, 0.717) is 27.8 Å². The molecule has 50 heavy (non-hydrogen) atoms. The van der Waals surface area contributed by atoms with Gasteiger partial charge in [-0.25, -0.2) is 26.3 Å². The van der Waals surface area contributed by atoms with E-state index in [-0.39, 0.29) is 17.1 Å². The third-order valence-electron chi connectivity index (χ3n) is 7.43. The molecule has 0 heterocycles. The highest BCUT2D eigenvalue weighted by Gasteiger charge is 2.29. The van der Waals surface area contributed by atoms with E-state index < -0.39 is 75.5 Å². The second kappa shape index (κ2) is 13.4. The van der Waals surface area contributed by atoms with Crippen molar-refractivity contribution in [2.24, 2.45) is 0 Å². The molecule has 6 rings (SSSR count). The van der Waals surface area contributed by atoms with Crippen LogP contribution in [0.15, 0.2) is 97.1 Å². The summed E-state index contributed by atoms with van der Waals surface area (Å²) in [4.78, 5) is 13.7. The number of rotatable bonds is 8. The van der Waals surface area contributed by atoms with Gasteiger partial charge in [0.2, 0.25) is 69.7 Å². The molecule has 0 N–H and O–H groups in total. The molecule has 6 aromatic carbocycles. The summed E-state index contributed by atoms with van der Waals surface area (Å²) in [5.74, 6) is -25.9. The van der Waals surface area contributed by atoms with E-state index in [2.05, 4.69) is 0 Å². The smallest absolute Gasteiger partial charge is 0.207 e. The predicted octanol–water partition coefficient (Wildman–Crippen LogP) is 11.2. The van der Waals surface area contributed by atoms with Crippen molar-refractivity contribution < 1.29 is 58.2 Å². The van der Waals surface area contributed by atoms with Gasteiger partial charge in [0.25, 0.3) is 0 Å². The van der Waals surface area contributed by atoms with Gasteiger partial charge in [-0.05, 0) is 52.6 Å². The van der Waals surface area contributed by atoms with Gasteiger partial charge in [-0.2, -0.15) is 17.6 Å². The maximum absolute atomic E-state index is 14.1. The fraction of sp³-hybridized carbons (Fsp3) is 0. The Morgan fingerprint density at radius 1 is 0.400 bits per heavy atom. The van der Waals surface area contributed by atoms with Crippen LogP contribution in [0.2, 0.25) is 0 Å². The van der Waals surface area contributed by atoms with Crippen molar-refractivity contribution in [3.05, 3.63) is 166 Å². The first kappa shape index (κ1) is 33.8. The molecule has 0 saturated heterocycles. The average Bonchev–Trinajstić information content (AvgIpc) is 3.15. The van der Waals surface area contributed by atoms with E-state index >= 15 is 0 Å². The molecule has 13 heteroatoms. The Hall–Kier alpha value is -6.11. The van der Waals surface area contributed by atoms with Crippen LogP contribution in [0.3, 0.4) is 0 Å². The van der Waals surface area contributed by atoms with Crippen molar-refractivity contribution in [3.8, 4) is 45.3 Å². The second-order valence-electron chi connectivity index (χ2n) is 10.5. The Kier molecular flexibility index (Phi) is 9.07. The van der Waals surface area contributed by atoms with Gasteiger partial charge in [-0.1, -0.05) is 66.7 Å². The summed E-state index contributed by atoms with van der Waals surface area (Å²) < 4.78 is 148. The topological polar surface area (TPSA) is 35.5 Å². The molecular weight excluding hydrogens is 682 g/mol. The summed E-state index contributed by atoms with van der Waals surface area (Å²) in [6, 6.07) is 23.3. The van der Waals surface area contributed by atoms with Crippen molar-refractivity contribution in [1.29, 1.82) is 0 Å². The fourth-order valence-electron chi connectivity index (χ4n) is 4.91. The molecule has 0 aliphatic heterocycles. The zero-order valence-electron chi connectivity index (χ0n) is 24.7. The summed E-state index contributed by atoms with van der Waals surface area (Å²) in [6.45, 7) is 0. The van der Waals surface area contributed by atoms with E-state index in [1.54, 1.807) is 42.5 Å². The molecule has 0 radical (unpaired) electrons. The van der Waals surface area contributed by atoms with E-state index in [1.807, 2.05) is 0 Å². The largest absolute Gasteiger partial charge is 0.451 e. The first-order valence-corrected chi connectivity index (χ1v) is 14.2. The minimum Gasteiger partial charge on any atom is -0.451 e. The van der Waals surface area contributed by atoms with Crippen LogP contribution in [0.4, 0.5) is 43.9 Å². The molecule has 0 spiro atoms. The van der Waals surface area contributed by atoms with Crippen LogP contribution < -0.4 is 9.47 Å². The molecule has 252 valence electrons. The highest BCUT2D eigenvalue weighted by atomic mass is 19.2. The van der Waals surface area contributed by atoms with E-state index in [1.165, 1.54) is 54.6 Å². The van der Waals surface area contributed by atoms with Crippen molar-refractivity contribution in [3.63, 3.8) is 0 Å². The lowest BCUT2D eigenvalue weighted by atomic mass is 9.90. The maximum Gasteiger partial charge on any atom is 0.207 e. The Morgan fingerprint density at radius 2 is 0.780 bits per heavy atom. The van der Waals surface area contributed by atoms with Crippen LogP contribution in [0, 0.1) is 58.2 Å². The van der Waals surface area contributed by atoms with Gasteiger partial charge in [0.1, 0.15) is 11.5 Å². The van der Waals surface area contributed by atoms with Gasteiger partial charge in [-0.15, -0.1) is 0 Å². The normalized spacial score (nSPS) is 11.1. The molecule has 6 aromatic rings. The van der Waals surface area contributed by atoms with E-state index in [4.69, 9.17) is 9.47 Å². The molecule has 0 saturated carbocycles. The van der Waals surface area contributed by atoms with Crippen LogP contribution in [0.5, 0.6) is 23.0 Å². The predicted molar refractivity (Wildman–Crippen MR) is 160 cm³/mol. The number of carbonyl (C=O) groups excluding carboxylic acids is 1. The summed E-state index contributed by atoms with van der Waals surface area (Å²) in [5, 5.41) is 0. The Labute approximate surface area is 275 Å². The van der Waals surface area contributed by atoms with Crippen molar-refractivity contribution in [2.45, 2.75) is 0 Å². The molecule has 0 amide bonds. The van der Waals surface area contributed by atoms with Crippen LogP contribution in [-0.4, -0.2) is 5.78 Å². The number of hydrogen-bond acceptors (Lipinski definition) is 3. The van der Waals surface area contributed by atoms with Crippen LogP contribution in [-0.2, 0) is 0 Å². The lowest BCUT2D eigenvalue weighted by Gasteiger charge is -2.14. The number of benzene rings is 6. The standard InChI is InChI=1S/C37H16F10O3/c38-25-27(40)31(44)36(32(45)28(25)41)49-21-11-6-17(7-12-21)20-10-15-23(24(16-20)35(48)19-4-2-1-3-5-19)18-8-13-22(14-9-18)50-37-33(46)29(42)26(39)30(43)34(37)47/h1-16H. The molecule has 0 aromatic heterocycles. The molecule has 0 fully saturated rings. The lowest BCUT2D eigenvalue weighted by molar-refractivity contribution is 0.103. The SMILES string of the molecule is O=C(c1ccccc1)c1cc(-c2ccc(Oc3c(F)c(F)c(F)c(F)c3F)cc2)ccc1-c1ccc(Oc2c(F)c(F)c(F)c(F)c2F)cc1. The zero-order valence-corrected chi connectivity index (χ0v) is 24.7. The number of ether oxygens (including phenoxy) is 2. The highest BCUT2D eigenvalue weighted by Crippen LogP contribution is 2.37. The first-order valence-electron chi connectivity index (χ1n) is 14.2. The molecule has 0 bridgehead atoms. The van der Waals surface area contributed by atoms with Gasteiger partial charge >= 0.3 is 0 Å². The molecule has 0 unspecified atom stereocenters. The van der Waals surface area contributed by atoms with Gasteiger partial charge in [0, 0.05) is 11.1 Å². The number of hydrogen-bond donors (Lipinski definition) is 0. The van der Waals surface area contributed by atoms with Crippen LogP contribution in [0.1, 0.15) is 15.9 Å². The van der Waals surface area contributed by atoms with E-state index in [9.17, 15) is 48.7 Å². The number of halogens is 10. The maximum atomic E-state index is 14.1. The third-order valence-corrected chi connectivity index (χ3v) is 7.43. The minimum atomic E-state index is -2.34. The molecule has 0 aliphatic carbocycles. The van der Waals surface area contributed by atoms with Crippen molar-refractivity contribution in [2.75, 3.05) is 0 Å². The number of carbonyl (C=O) groups is 1. The van der Waals surface area contributed by atoms with Crippen LogP contribution in [0.25, 0.3) is 22.3 Å². The molecular formula is C37H16F10O3. The lowest BCUT2D eigenvalue weighted by Crippen LogP contribution is -2.05. The minimum absolute atomic E-state index is 0.170. The molecule has 3 nitrogen and oxygen atoms in total. The van der Waals surface area contributed by atoms with Crippen molar-refractivity contribution in [1.82, 2.24) is 0 Å². The highest BCUT2D eigenvalue weighted by molar-refractivity contribution is 6.13. The quantitative estimate of drug-likeness (QED) is 0.0687. The Morgan fingerprint density at radius 3 is 1.22 bits per heavy atom. The van der Waals surface area contributed by atoms with Gasteiger partial charge in [-0.3, -0.25) is 4.79 Å². The fourth-order valence-corrected chi connectivity index (χ4v) is 4.91. The second-order valence-corrected chi connectivity index (χ2v) is 10.5. The van der Waals surface area contributed by atoms with Crippen molar-refractivity contribution >= 4 is 5.78 Å². The third kappa shape index (κ3) is 6.13. The Balaban J connectivity index is 1.33. The van der Waals surface area contributed by atoms with E-state index in [0.717, 1.165) is 0 Å². The van der Waals surface area contributed by atoms with Gasteiger partial charge < -0.3 is 9.47 Å². The van der Waals surface area contributed by atoms with Crippen LogP contribution >= 0.6 is 0 Å². The summed E-state index contributed by atoms with van der Waals surface area (Å²) in [7, 11) is 0. The van der Waals surface area contributed by atoms with Gasteiger partial charge in [0.15, 0.2) is 5.78 Å².